The Morgan fingerprint density at radius 1 is 1.19 bits per heavy atom. The third kappa shape index (κ3) is 3.41. The van der Waals surface area contributed by atoms with E-state index in [9.17, 15) is 0 Å². The van der Waals surface area contributed by atoms with Crippen molar-refractivity contribution in [2.75, 3.05) is 38.6 Å². The largest absolute Gasteiger partial charge is 0.486 e. The molecule has 0 spiro atoms. The van der Waals surface area contributed by atoms with Gasteiger partial charge in [-0.3, -0.25) is 4.90 Å². The van der Waals surface area contributed by atoms with E-state index in [0.29, 0.717) is 19.3 Å². The second kappa shape index (κ2) is 6.54. The molecule has 0 radical (unpaired) electrons. The number of ether oxygens (including phenoxy) is 3. The van der Waals surface area contributed by atoms with Crippen molar-refractivity contribution in [2.45, 2.75) is 32.4 Å². The summed E-state index contributed by atoms with van der Waals surface area (Å²) in [6, 6.07) is 3.89. The van der Waals surface area contributed by atoms with Gasteiger partial charge in [0.05, 0.1) is 6.10 Å². The molecular formula is C16H24N2O3. The van der Waals surface area contributed by atoms with Gasteiger partial charge in [0.1, 0.15) is 13.2 Å². The summed E-state index contributed by atoms with van der Waals surface area (Å²) >= 11 is 0. The highest BCUT2D eigenvalue weighted by atomic mass is 16.6. The Morgan fingerprint density at radius 3 is 2.62 bits per heavy atom. The number of anilines is 1. The summed E-state index contributed by atoms with van der Waals surface area (Å²) in [4.78, 5) is 2.37. The van der Waals surface area contributed by atoms with Crippen LogP contribution < -0.4 is 15.2 Å². The average Bonchev–Trinajstić information content (AvgIpc) is 3.00. The minimum Gasteiger partial charge on any atom is -0.486 e. The van der Waals surface area contributed by atoms with E-state index in [4.69, 9.17) is 19.9 Å². The monoisotopic (exact) mass is 292 g/mol. The summed E-state index contributed by atoms with van der Waals surface area (Å²) in [6.07, 6.45) is 2.70. The molecule has 1 aromatic rings. The summed E-state index contributed by atoms with van der Waals surface area (Å²) < 4.78 is 16.9. The zero-order valence-electron chi connectivity index (χ0n) is 12.6. The molecule has 0 aromatic heterocycles. The minimum absolute atomic E-state index is 0.364. The van der Waals surface area contributed by atoms with Gasteiger partial charge in [0.25, 0.3) is 0 Å². The molecule has 2 aliphatic rings. The van der Waals surface area contributed by atoms with Gasteiger partial charge >= 0.3 is 0 Å². The van der Waals surface area contributed by atoms with Gasteiger partial charge in [0, 0.05) is 31.5 Å². The van der Waals surface area contributed by atoms with E-state index in [0.717, 1.165) is 55.4 Å². The number of rotatable bonds is 5. The topological polar surface area (TPSA) is 57.0 Å². The second-order valence-corrected chi connectivity index (χ2v) is 5.66. The smallest absolute Gasteiger partial charge is 0.163 e. The van der Waals surface area contributed by atoms with Crippen molar-refractivity contribution < 1.29 is 14.2 Å². The molecule has 21 heavy (non-hydrogen) atoms. The van der Waals surface area contributed by atoms with E-state index in [1.807, 2.05) is 12.1 Å². The van der Waals surface area contributed by atoms with Crippen LogP contribution in [-0.4, -0.2) is 43.9 Å². The molecule has 5 nitrogen and oxygen atoms in total. The Hall–Kier alpha value is -1.46. The summed E-state index contributed by atoms with van der Waals surface area (Å²) in [5.74, 6) is 1.56. The highest BCUT2D eigenvalue weighted by Crippen LogP contribution is 2.35. The van der Waals surface area contributed by atoms with Gasteiger partial charge in [-0.15, -0.1) is 0 Å². The van der Waals surface area contributed by atoms with Crippen LogP contribution in [0, 0.1) is 0 Å². The minimum atomic E-state index is 0.364. The van der Waals surface area contributed by atoms with Crippen LogP contribution in [0.5, 0.6) is 11.5 Å². The predicted octanol–water partition coefficient (Wildman–Crippen LogP) is 2.04. The van der Waals surface area contributed by atoms with E-state index in [-0.39, 0.29) is 0 Å². The SMILES string of the molecule is CCN(Cc1cc2c(cc1N)OCCO2)CC1CCCO1. The van der Waals surface area contributed by atoms with Crippen LogP contribution in [0.15, 0.2) is 12.1 Å². The number of likely N-dealkylation sites (N-methyl/N-ethyl adjacent to an activating group) is 1. The van der Waals surface area contributed by atoms with Crippen LogP contribution in [0.1, 0.15) is 25.3 Å². The zero-order chi connectivity index (χ0) is 14.7. The van der Waals surface area contributed by atoms with Crippen molar-refractivity contribution in [3.05, 3.63) is 17.7 Å². The number of benzene rings is 1. The lowest BCUT2D eigenvalue weighted by atomic mass is 10.1. The quantitative estimate of drug-likeness (QED) is 0.842. The number of hydrogen-bond acceptors (Lipinski definition) is 5. The fourth-order valence-electron chi connectivity index (χ4n) is 2.91. The molecule has 2 N–H and O–H groups in total. The summed E-state index contributed by atoms with van der Waals surface area (Å²) in [5.41, 5.74) is 8.03. The molecule has 0 amide bonds. The highest BCUT2D eigenvalue weighted by Gasteiger charge is 2.20. The third-order valence-electron chi connectivity index (χ3n) is 4.13. The Labute approximate surface area is 126 Å². The molecule has 0 bridgehead atoms. The Morgan fingerprint density at radius 2 is 1.95 bits per heavy atom. The molecule has 1 aromatic carbocycles. The molecule has 3 rings (SSSR count). The first-order valence-corrected chi connectivity index (χ1v) is 7.78. The molecule has 0 saturated carbocycles. The Kier molecular flexibility index (Phi) is 4.51. The normalized spacial score (nSPS) is 21.0. The average molecular weight is 292 g/mol. The first-order chi connectivity index (χ1) is 10.3. The second-order valence-electron chi connectivity index (χ2n) is 5.66. The van der Waals surface area contributed by atoms with Crippen LogP contribution >= 0.6 is 0 Å². The number of nitrogens with two attached hydrogens (primary N) is 1. The maximum absolute atomic E-state index is 6.16. The summed E-state index contributed by atoms with van der Waals surface area (Å²) in [5, 5.41) is 0. The van der Waals surface area contributed by atoms with Crippen LogP contribution in [0.2, 0.25) is 0 Å². The molecule has 2 heterocycles. The van der Waals surface area contributed by atoms with E-state index in [1.54, 1.807) is 0 Å². The van der Waals surface area contributed by atoms with Crippen LogP contribution in [0.3, 0.4) is 0 Å². The molecule has 0 aliphatic carbocycles. The predicted molar refractivity (Wildman–Crippen MR) is 81.8 cm³/mol. The molecule has 2 aliphatic heterocycles. The number of nitrogens with zero attached hydrogens (tertiary/aromatic N) is 1. The fraction of sp³-hybridized carbons (Fsp3) is 0.625. The van der Waals surface area contributed by atoms with E-state index < -0.39 is 0 Å². The molecular weight excluding hydrogens is 268 g/mol. The lowest BCUT2D eigenvalue weighted by Gasteiger charge is -2.26. The standard InChI is InChI=1S/C16H24N2O3/c1-2-18(11-13-4-3-5-19-13)10-12-8-15-16(9-14(12)17)21-7-6-20-15/h8-9,13H,2-7,10-11,17H2,1H3. The van der Waals surface area contributed by atoms with E-state index in [1.165, 1.54) is 6.42 Å². The Bertz CT molecular complexity index is 487. The van der Waals surface area contributed by atoms with Gasteiger partial charge in [-0.2, -0.15) is 0 Å². The number of fused-ring (bicyclic) bond motifs is 1. The molecule has 116 valence electrons. The van der Waals surface area contributed by atoms with E-state index >= 15 is 0 Å². The van der Waals surface area contributed by atoms with E-state index in [2.05, 4.69) is 11.8 Å². The molecule has 5 heteroatoms. The molecule has 1 unspecified atom stereocenters. The summed E-state index contributed by atoms with van der Waals surface area (Å²) in [6.45, 7) is 7.02. The maximum Gasteiger partial charge on any atom is 0.163 e. The molecule has 1 atom stereocenters. The summed E-state index contributed by atoms with van der Waals surface area (Å²) in [7, 11) is 0. The first kappa shape index (κ1) is 14.5. The Balaban J connectivity index is 1.70. The molecule has 1 saturated heterocycles. The lowest BCUT2D eigenvalue weighted by Crippen LogP contribution is -2.32. The molecule has 1 fully saturated rings. The van der Waals surface area contributed by atoms with Gasteiger partial charge in [-0.05, 0) is 31.0 Å². The van der Waals surface area contributed by atoms with Crippen molar-refractivity contribution >= 4 is 5.69 Å². The van der Waals surface area contributed by atoms with Crippen LogP contribution in [-0.2, 0) is 11.3 Å². The highest BCUT2D eigenvalue weighted by molar-refractivity contribution is 5.58. The van der Waals surface area contributed by atoms with Crippen molar-refractivity contribution in [3.63, 3.8) is 0 Å². The first-order valence-electron chi connectivity index (χ1n) is 7.78. The van der Waals surface area contributed by atoms with Crippen molar-refractivity contribution in [2.24, 2.45) is 0 Å². The van der Waals surface area contributed by atoms with Gasteiger partial charge in [0.15, 0.2) is 11.5 Å². The number of nitrogen functional groups attached to an aromatic ring is 1. The lowest BCUT2D eigenvalue weighted by molar-refractivity contribution is 0.0725. The zero-order valence-corrected chi connectivity index (χ0v) is 12.6. The van der Waals surface area contributed by atoms with Crippen LogP contribution in [0.25, 0.3) is 0 Å². The van der Waals surface area contributed by atoms with Crippen molar-refractivity contribution in [1.82, 2.24) is 4.90 Å². The van der Waals surface area contributed by atoms with Gasteiger partial charge in [0.2, 0.25) is 0 Å². The fourth-order valence-corrected chi connectivity index (χ4v) is 2.91. The van der Waals surface area contributed by atoms with Gasteiger partial charge < -0.3 is 19.9 Å². The third-order valence-corrected chi connectivity index (χ3v) is 4.13. The van der Waals surface area contributed by atoms with Crippen molar-refractivity contribution in [3.8, 4) is 11.5 Å². The van der Waals surface area contributed by atoms with Gasteiger partial charge in [-0.1, -0.05) is 6.92 Å². The van der Waals surface area contributed by atoms with Gasteiger partial charge in [-0.25, -0.2) is 0 Å². The van der Waals surface area contributed by atoms with Crippen molar-refractivity contribution in [1.29, 1.82) is 0 Å². The maximum atomic E-state index is 6.16. The number of hydrogen-bond donors (Lipinski definition) is 1. The van der Waals surface area contributed by atoms with Crippen LogP contribution in [0.4, 0.5) is 5.69 Å².